The molecule has 210 valence electrons. The minimum atomic E-state index is -4.95. The number of aromatic nitrogens is 2. The van der Waals surface area contributed by atoms with Crippen molar-refractivity contribution >= 4 is 44.6 Å². The largest absolute Gasteiger partial charge is 0.514 e. The first-order valence-electron chi connectivity index (χ1n) is 12.1. The lowest BCUT2D eigenvalue weighted by molar-refractivity contribution is -0.137. The van der Waals surface area contributed by atoms with Crippen molar-refractivity contribution in [2.24, 2.45) is 0 Å². The zero-order valence-electron chi connectivity index (χ0n) is 20.6. The number of anilines is 1. The van der Waals surface area contributed by atoms with Gasteiger partial charge >= 0.3 is 11.9 Å². The van der Waals surface area contributed by atoms with Crippen molar-refractivity contribution in [3.05, 3.63) is 69.7 Å². The van der Waals surface area contributed by atoms with Crippen LogP contribution in [0.25, 0.3) is 22.0 Å². The Labute approximate surface area is 230 Å². The number of carbonyl (C=O) groups excluding carboxylic acids is 1. The first kappa shape index (κ1) is 26.6. The summed E-state index contributed by atoms with van der Waals surface area (Å²) in [6, 6.07) is 2.72. The first-order valence-corrected chi connectivity index (χ1v) is 14.2. The molecule has 3 aliphatic rings. The number of aryl methyl sites for hydroxylation is 1. The molecule has 0 radical (unpaired) electrons. The van der Waals surface area contributed by atoms with Crippen LogP contribution in [0.3, 0.4) is 0 Å². The third-order valence-electron chi connectivity index (χ3n) is 7.46. The van der Waals surface area contributed by atoms with E-state index in [1.807, 2.05) is 0 Å². The molecule has 40 heavy (non-hydrogen) atoms. The van der Waals surface area contributed by atoms with Crippen molar-refractivity contribution in [3.8, 4) is 11.1 Å². The second kappa shape index (κ2) is 8.96. The minimum Gasteiger partial charge on any atom is -0.514 e. The average Bonchev–Trinajstić information content (AvgIpc) is 3.04. The molecule has 0 bridgehead atoms. The van der Waals surface area contributed by atoms with Gasteiger partial charge in [-0.15, -0.1) is 0 Å². The van der Waals surface area contributed by atoms with Gasteiger partial charge in [-0.25, -0.2) is 9.18 Å². The summed E-state index contributed by atoms with van der Waals surface area (Å²) in [4.78, 5) is 31.9. The number of fused-ring (bicyclic) bond motifs is 3. The summed E-state index contributed by atoms with van der Waals surface area (Å²) in [7, 11) is -3.69. The second-order valence-electron chi connectivity index (χ2n) is 9.60. The highest BCUT2D eigenvalue weighted by molar-refractivity contribution is 8.30. The van der Waals surface area contributed by atoms with Gasteiger partial charge in [0.2, 0.25) is 5.91 Å². The molecule has 3 aliphatic heterocycles. The van der Waals surface area contributed by atoms with Crippen LogP contribution in [0.5, 0.6) is 0 Å². The molecule has 14 heteroatoms. The van der Waals surface area contributed by atoms with Gasteiger partial charge in [0, 0.05) is 41.2 Å². The highest BCUT2D eigenvalue weighted by Crippen LogP contribution is 2.76. The lowest BCUT2D eigenvalue weighted by Gasteiger charge is -2.37. The van der Waals surface area contributed by atoms with Crippen LogP contribution in [0.1, 0.15) is 12.0 Å². The summed E-state index contributed by atoms with van der Waals surface area (Å²) in [6.07, 6.45) is -3.09. The average molecular weight is 599 g/mol. The van der Waals surface area contributed by atoms with E-state index >= 15 is 3.89 Å². The molecule has 6 rings (SSSR count). The molecule has 0 saturated carbocycles. The fourth-order valence-electron chi connectivity index (χ4n) is 5.76. The second-order valence-corrected chi connectivity index (χ2v) is 12.6. The van der Waals surface area contributed by atoms with E-state index in [0.29, 0.717) is 6.26 Å². The Balaban J connectivity index is 1.69. The lowest BCUT2D eigenvalue weighted by atomic mass is 9.96. The van der Waals surface area contributed by atoms with Crippen LogP contribution in [0.15, 0.2) is 57.4 Å². The summed E-state index contributed by atoms with van der Waals surface area (Å²) >= 11 is 5.95. The van der Waals surface area contributed by atoms with Gasteiger partial charge in [-0.2, -0.15) is 22.0 Å². The Hall–Kier alpha value is -3.58. The Kier molecular flexibility index (Phi) is 5.97. The van der Waals surface area contributed by atoms with Crippen molar-refractivity contribution in [2.45, 2.75) is 28.9 Å². The number of aliphatic hydroxyl groups is 1. The number of piperazine rings is 1. The molecule has 1 aromatic heterocycles. The molecule has 2 aromatic carbocycles. The van der Waals surface area contributed by atoms with Crippen LogP contribution in [-0.2, 0) is 17.5 Å². The van der Waals surface area contributed by atoms with Crippen LogP contribution >= 0.6 is 22.0 Å². The SMILES string of the molecule is C=CC(=O)N1CCN(c2nc(=O)n3c4c5c(c(C(F)(F)F)cc24)-c2cc(Cl)c(F)cc2S5(F)CCC3)C/C1=C\O. The highest BCUT2D eigenvalue weighted by atomic mass is 35.5. The maximum Gasteiger partial charge on any atom is 0.417 e. The third kappa shape index (κ3) is 3.66. The van der Waals surface area contributed by atoms with Gasteiger partial charge in [-0.3, -0.25) is 9.36 Å². The van der Waals surface area contributed by atoms with Crippen LogP contribution in [0, 0.1) is 5.82 Å². The van der Waals surface area contributed by atoms with Gasteiger partial charge < -0.3 is 14.9 Å². The van der Waals surface area contributed by atoms with Crippen LogP contribution < -0.4 is 10.6 Å². The van der Waals surface area contributed by atoms with Crippen molar-refractivity contribution in [2.75, 3.05) is 30.3 Å². The van der Waals surface area contributed by atoms with E-state index in [4.69, 9.17) is 11.6 Å². The summed E-state index contributed by atoms with van der Waals surface area (Å²) in [5.74, 6) is -1.79. The Morgan fingerprint density at radius 1 is 1.20 bits per heavy atom. The van der Waals surface area contributed by atoms with Gasteiger partial charge in [0.25, 0.3) is 0 Å². The van der Waals surface area contributed by atoms with Crippen LogP contribution in [-0.4, -0.2) is 50.9 Å². The molecule has 1 amide bonds. The number of alkyl halides is 3. The maximum atomic E-state index is 17.2. The smallest absolute Gasteiger partial charge is 0.417 e. The molecule has 1 unspecified atom stereocenters. The van der Waals surface area contributed by atoms with E-state index in [1.165, 1.54) is 14.4 Å². The van der Waals surface area contributed by atoms with Gasteiger partial charge in [0.05, 0.1) is 33.2 Å². The number of hydrogen-bond donors (Lipinski definition) is 1. The number of amides is 1. The summed E-state index contributed by atoms with van der Waals surface area (Å²) in [6.45, 7) is 3.33. The molecule has 1 saturated heterocycles. The molecule has 1 fully saturated rings. The lowest BCUT2D eigenvalue weighted by Crippen LogP contribution is -2.47. The van der Waals surface area contributed by atoms with E-state index in [0.717, 1.165) is 24.3 Å². The normalized spacial score (nSPS) is 22.7. The molecule has 1 N–H and O–H groups in total. The Morgan fingerprint density at radius 3 is 2.62 bits per heavy atom. The van der Waals surface area contributed by atoms with E-state index in [-0.39, 0.29) is 76.1 Å². The monoisotopic (exact) mass is 598 g/mol. The number of halogens is 6. The van der Waals surface area contributed by atoms with Crippen LogP contribution in [0.2, 0.25) is 5.02 Å². The first-order chi connectivity index (χ1) is 18.9. The Bertz CT molecular complexity index is 1740. The zero-order valence-corrected chi connectivity index (χ0v) is 22.1. The zero-order chi connectivity index (χ0) is 28.7. The van der Waals surface area contributed by atoms with Crippen molar-refractivity contribution < 1.29 is 31.3 Å². The molecule has 0 spiro atoms. The van der Waals surface area contributed by atoms with Gasteiger partial charge in [0.1, 0.15) is 17.9 Å². The Morgan fingerprint density at radius 2 is 1.95 bits per heavy atom. The van der Waals surface area contributed by atoms with E-state index in [9.17, 15) is 32.3 Å². The number of hydrogen-bond acceptors (Lipinski definition) is 5. The number of carbonyl (C=O) groups is 1. The quantitative estimate of drug-likeness (QED) is 0.225. The predicted octanol–water partition coefficient (Wildman–Crippen LogP) is 5.93. The highest BCUT2D eigenvalue weighted by Gasteiger charge is 2.49. The fourth-order valence-corrected chi connectivity index (χ4v) is 8.96. The topological polar surface area (TPSA) is 78.7 Å². The van der Waals surface area contributed by atoms with Gasteiger partial charge in [-0.05, 0) is 46.7 Å². The number of aliphatic hydroxyl groups excluding tert-OH is 1. The molecular formula is C26H20ClF5N4O3S. The van der Waals surface area contributed by atoms with Crippen LogP contribution in [0.4, 0.5) is 27.3 Å². The molecule has 4 heterocycles. The van der Waals surface area contributed by atoms with E-state index in [1.54, 1.807) is 0 Å². The summed E-state index contributed by atoms with van der Waals surface area (Å²) in [5, 5.41) is 9.23. The molecular weight excluding hydrogens is 579 g/mol. The summed E-state index contributed by atoms with van der Waals surface area (Å²) in [5.41, 5.74) is -2.44. The minimum absolute atomic E-state index is 0.00784. The number of rotatable bonds is 2. The summed E-state index contributed by atoms with van der Waals surface area (Å²) < 4.78 is 76.9. The molecule has 7 nitrogen and oxygen atoms in total. The van der Waals surface area contributed by atoms with Gasteiger partial charge in [-0.1, -0.05) is 18.2 Å². The van der Waals surface area contributed by atoms with E-state index < -0.39 is 50.2 Å². The third-order valence-corrected chi connectivity index (χ3v) is 10.7. The molecule has 3 aromatic rings. The van der Waals surface area contributed by atoms with Crippen molar-refractivity contribution in [3.63, 3.8) is 0 Å². The van der Waals surface area contributed by atoms with E-state index in [2.05, 4.69) is 11.6 Å². The standard InChI is InChI=1S/C26H20ClF5N4O3S/c1-2-20(38)35-6-5-34(11-13(35)12-37)24-15-8-16(26(29,30)31)21-14-9-17(27)18(28)10-19(14)40(32)7-3-4-36(25(39)33-24)22(15)23(21)40/h2,8-10,12,37H,1,3-7,11H2/b13-12+. The molecule has 0 aliphatic carbocycles. The molecule has 1 atom stereocenters. The number of benzene rings is 2. The predicted molar refractivity (Wildman–Crippen MR) is 141 cm³/mol. The van der Waals surface area contributed by atoms with Crippen molar-refractivity contribution in [1.82, 2.24) is 14.5 Å². The van der Waals surface area contributed by atoms with Crippen molar-refractivity contribution in [1.29, 1.82) is 0 Å². The maximum absolute atomic E-state index is 17.2. The number of nitrogens with zero attached hydrogens (tertiary/aromatic N) is 4. The van der Waals surface area contributed by atoms with Gasteiger partial charge in [0.15, 0.2) is 0 Å². The fraction of sp³-hybridized carbons (Fsp3) is 0.269.